The van der Waals surface area contributed by atoms with Gasteiger partial charge in [0.2, 0.25) is 11.0 Å². The molecule has 3 aromatic rings. The van der Waals surface area contributed by atoms with E-state index in [4.69, 9.17) is 9.47 Å². The van der Waals surface area contributed by atoms with Crippen LogP contribution < -0.4 is 14.8 Å². The minimum absolute atomic E-state index is 0.0111. The van der Waals surface area contributed by atoms with Crippen molar-refractivity contribution in [1.29, 1.82) is 0 Å². The number of hydrogen-bond donors (Lipinski definition) is 1. The minimum Gasteiger partial charge on any atom is -0.491 e. The van der Waals surface area contributed by atoms with Gasteiger partial charge in [-0.2, -0.15) is 0 Å². The van der Waals surface area contributed by atoms with Crippen LogP contribution in [0.2, 0.25) is 0 Å². The standard InChI is InChI=1S/C22H24N2O3S/c1-15(2)26-19-10-6-18(7-11-19)22-24-14-21(28-22)27-20-8-4-17(5-9-20)12-13-23-16(3)25/h4-11,14-15H,12-13H2,1-3H3,(H,23,25). The van der Waals surface area contributed by atoms with Gasteiger partial charge in [-0.15, -0.1) is 0 Å². The van der Waals surface area contributed by atoms with Crippen LogP contribution in [0.15, 0.2) is 54.7 Å². The summed E-state index contributed by atoms with van der Waals surface area (Å²) in [6, 6.07) is 15.8. The maximum absolute atomic E-state index is 10.9. The molecule has 0 spiro atoms. The molecule has 1 heterocycles. The average molecular weight is 397 g/mol. The molecule has 28 heavy (non-hydrogen) atoms. The molecular weight excluding hydrogens is 372 g/mol. The number of ether oxygens (including phenoxy) is 2. The topological polar surface area (TPSA) is 60.5 Å². The molecule has 1 N–H and O–H groups in total. The molecule has 0 unspecified atom stereocenters. The van der Waals surface area contributed by atoms with Gasteiger partial charge in [0.1, 0.15) is 16.5 Å². The summed E-state index contributed by atoms with van der Waals surface area (Å²) in [6.45, 7) is 6.17. The van der Waals surface area contributed by atoms with E-state index in [1.165, 1.54) is 18.3 Å². The number of aromatic nitrogens is 1. The highest BCUT2D eigenvalue weighted by Crippen LogP contribution is 2.33. The fraction of sp³-hybridized carbons (Fsp3) is 0.273. The van der Waals surface area contributed by atoms with Gasteiger partial charge in [0.25, 0.3) is 0 Å². The first-order valence-electron chi connectivity index (χ1n) is 9.24. The molecule has 0 saturated carbocycles. The molecule has 6 heteroatoms. The first-order chi connectivity index (χ1) is 13.5. The molecule has 0 radical (unpaired) electrons. The van der Waals surface area contributed by atoms with Crippen LogP contribution in [0, 0.1) is 0 Å². The predicted molar refractivity (Wildman–Crippen MR) is 112 cm³/mol. The number of nitrogens with zero attached hydrogens (tertiary/aromatic N) is 1. The Labute approximate surface area is 169 Å². The Bertz CT molecular complexity index is 902. The van der Waals surface area contributed by atoms with E-state index in [1.54, 1.807) is 6.20 Å². The number of carbonyl (C=O) groups is 1. The zero-order chi connectivity index (χ0) is 19.9. The third kappa shape index (κ3) is 5.82. The van der Waals surface area contributed by atoms with Gasteiger partial charge in [-0.25, -0.2) is 4.98 Å². The zero-order valence-electron chi connectivity index (χ0n) is 16.3. The van der Waals surface area contributed by atoms with Crippen molar-refractivity contribution in [3.63, 3.8) is 0 Å². The summed E-state index contributed by atoms with van der Waals surface area (Å²) in [4.78, 5) is 15.4. The highest BCUT2D eigenvalue weighted by molar-refractivity contribution is 7.16. The number of benzene rings is 2. The molecule has 5 nitrogen and oxygen atoms in total. The highest BCUT2D eigenvalue weighted by atomic mass is 32.1. The van der Waals surface area contributed by atoms with Crippen molar-refractivity contribution >= 4 is 17.2 Å². The number of rotatable bonds is 8. The molecule has 0 saturated heterocycles. The van der Waals surface area contributed by atoms with Crippen LogP contribution in [0.25, 0.3) is 10.6 Å². The van der Waals surface area contributed by atoms with E-state index in [1.807, 2.05) is 62.4 Å². The van der Waals surface area contributed by atoms with E-state index >= 15 is 0 Å². The van der Waals surface area contributed by atoms with Gasteiger partial charge < -0.3 is 14.8 Å². The summed E-state index contributed by atoms with van der Waals surface area (Å²) in [7, 11) is 0. The number of nitrogens with one attached hydrogen (secondary N) is 1. The van der Waals surface area contributed by atoms with E-state index < -0.39 is 0 Å². The lowest BCUT2D eigenvalue weighted by atomic mass is 10.1. The van der Waals surface area contributed by atoms with Crippen molar-refractivity contribution in [3.05, 3.63) is 60.3 Å². The Morgan fingerprint density at radius 1 is 1.07 bits per heavy atom. The van der Waals surface area contributed by atoms with Crippen LogP contribution >= 0.6 is 11.3 Å². The number of hydrogen-bond acceptors (Lipinski definition) is 5. The summed E-state index contributed by atoms with van der Waals surface area (Å²) in [5.74, 6) is 1.60. The van der Waals surface area contributed by atoms with Crippen LogP contribution in [-0.4, -0.2) is 23.5 Å². The largest absolute Gasteiger partial charge is 0.491 e. The van der Waals surface area contributed by atoms with E-state index in [2.05, 4.69) is 10.3 Å². The Balaban J connectivity index is 1.59. The number of carbonyl (C=O) groups excluding carboxylic acids is 1. The Hall–Kier alpha value is -2.86. The lowest BCUT2D eigenvalue weighted by Gasteiger charge is -2.09. The predicted octanol–water partition coefficient (Wildman–Crippen LogP) is 5.07. The summed E-state index contributed by atoms with van der Waals surface area (Å²) in [5.41, 5.74) is 2.18. The number of amides is 1. The van der Waals surface area contributed by atoms with E-state index in [-0.39, 0.29) is 12.0 Å². The van der Waals surface area contributed by atoms with E-state index in [0.29, 0.717) is 6.54 Å². The lowest BCUT2D eigenvalue weighted by Crippen LogP contribution is -2.22. The molecule has 2 aromatic carbocycles. The normalized spacial score (nSPS) is 10.7. The molecule has 0 aliphatic carbocycles. The summed E-state index contributed by atoms with van der Waals surface area (Å²) >= 11 is 1.50. The average Bonchev–Trinajstić information content (AvgIpc) is 3.11. The van der Waals surface area contributed by atoms with Gasteiger partial charge in [0.15, 0.2) is 0 Å². The van der Waals surface area contributed by atoms with Gasteiger partial charge in [0.05, 0.1) is 12.3 Å². The van der Waals surface area contributed by atoms with E-state index in [9.17, 15) is 4.79 Å². The molecule has 0 aliphatic rings. The fourth-order valence-corrected chi connectivity index (χ4v) is 3.40. The molecular formula is C22H24N2O3S. The van der Waals surface area contributed by atoms with Crippen LogP contribution in [0.1, 0.15) is 26.3 Å². The second kappa shape index (κ2) is 9.37. The van der Waals surface area contributed by atoms with E-state index in [0.717, 1.165) is 39.1 Å². The summed E-state index contributed by atoms with van der Waals surface area (Å²) < 4.78 is 11.6. The Kier molecular flexibility index (Phi) is 6.66. The van der Waals surface area contributed by atoms with Crippen LogP contribution in [0.4, 0.5) is 0 Å². The highest BCUT2D eigenvalue weighted by Gasteiger charge is 2.08. The SMILES string of the molecule is CC(=O)NCCc1ccc(Oc2cnc(-c3ccc(OC(C)C)cc3)s2)cc1. The maximum Gasteiger partial charge on any atom is 0.216 e. The molecule has 1 aromatic heterocycles. The van der Waals surface area contributed by atoms with Crippen LogP contribution in [0.5, 0.6) is 16.6 Å². The Morgan fingerprint density at radius 3 is 2.39 bits per heavy atom. The molecule has 0 fully saturated rings. The second-order valence-corrected chi connectivity index (χ2v) is 7.65. The fourth-order valence-electron chi connectivity index (χ4n) is 2.61. The zero-order valence-corrected chi connectivity index (χ0v) is 17.1. The van der Waals surface area contributed by atoms with Crippen molar-refractivity contribution in [1.82, 2.24) is 10.3 Å². The third-order valence-electron chi connectivity index (χ3n) is 3.89. The minimum atomic E-state index is -0.0111. The molecule has 1 amide bonds. The third-order valence-corrected chi connectivity index (χ3v) is 4.81. The Morgan fingerprint density at radius 2 is 1.75 bits per heavy atom. The first kappa shape index (κ1) is 19.9. The van der Waals surface area contributed by atoms with Crippen LogP contribution in [-0.2, 0) is 11.2 Å². The molecule has 0 aliphatic heterocycles. The van der Waals surface area contributed by atoms with Crippen molar-refractivity contribution in [2.75, 3.05) is 6.54 Å². The van der Waals surface area contributed by atoms with Crippen molar-refractivity contribution in [3.8, 4) is 27.1 Å². The van der Waals surface area contributed by atoms with Crippen molar-refractivity contribution in [2.24, 2.45) is 0 Å². The lowest BCUT2D eigenvalue weighted by molar-refractivity contribution is -0.118. The van der Waals surface area contributed by atoms with Crippen molar-refractivity contribution in [2.45, 2.75) is 33.3 Å². The molecule has 3 rings (SSSR count). The summed E-state index contributed by atoms with van der Waals surface area (Å²) in [6.07, 6.45) is 2.69. The molecule has 0 atom stereocenters. The van der Waals surface area contributed by atoms with Crippen molar-refractivity contribution < 1.29 is 14.3 Å². The second-order valence-electron chi connectivity index (χ2n) is 6.65. The quantitative estimate of drug-likeness (QED) is 0.578. The smallest absolute Gasteiger partial charge is 0.216 e. The maximum atomic E-state index is 10.9. The number of thiazole rings is 1. The van der Waals surface area contributed by atoms with Gasteiger partial charge in [-0.05, 0) is 62.2 Å². The first-order valence-corrected chi connectivity index (χ1v) is 10.1. The van der Waals surface area contributed by atoms with Gasteiger partial charge in [-0.3, -0.25) is 4.79 Å². The molecule has 0 bridgehead atoms. The van der Waals surface area contributed by atoms with Crippen LogP contribution in [0.3, 0.4) is 0 Å². The monoisotopic (exact) mass is 396 g/mol. The van der Waals surface area contributed by atoms with Gasteiger partial charge >= 0.3 is 0 Å². The molecule has 146 valence electrons. The van der Waals surface area contributed by atoms with Gasteiger partial charge in [0, 0.05) is 19.0 Å². The summed E-state index contributed by atoms with van der Waals surface area (Å²) in [5, 5.41) is 4.43. The van der Waals surface area contributed by atoms with Gasteiger partial charge in [-0.1, -0.05) is 23.5 Å².